The van der Waals surface area contributed by atoms with Crippen molar-refractivity contribution < 1.29 is 0 Å². The second kappa shape index (κ2) is 8.25. The van der Waals surface area contributed by atoms with E-state index in [2.05, 4.69) is 145 Å². The van der Waals surface area contributed by atoms with Crippen LogP contribution in [0.2, 0.25) is 0 Å². The van der Waals surface area contributed by atoms with Gasteiger partial charge in [-0.1, -0.05) is 103 Å². The maximum atomic E-state index is 2.37. The zero-order chi connectivity index (χ0) is 24.1. The molecule has 7 rings (SSSR count). The predicted octanol–water partition coefficient (Wildman–Crippen LogP) is 10.1. The number of hydrogen-bond donors (Lipinski definition) is 0. The average molecular weight is 460 g/mol. The van der Waals surface area contributed by atoms with E-state index < -0.39 is 0 Å². The van der Waals surface area contributed by atoms with Crippen LogP contribution in [0.4, 0.5) is 17.1 Å². The molecule has 170 valence electrons. The Kier molecular flexibility index (Phi) is 4.75. The van der Waals surface area contributed by atoms with Gasteiger partial charge in [-0.25, -0.2) is 0 Å². The van der Waals surface area contributed by atoms with Crippen molar-refractivity contribution in [2.75, 3.05) is 4.90 Å². The highest BCUT2D eigenvalue weighted by Gasteiger charge is 2.15. The van der Waals surface area contributed by atoms with Crippen LogP contribution in [0.5, 0.6) is 0 Å². The Bertz CT molecular complexity index is 1900. The van der Waals surface area contributed by atoms with Crippen LogP contribution >= 0.6 is 0 Å². The summed E-state index contributed by atoms with van der Waals surface area (Å²) in [4.78, 5) is 2.37. The summed E-state index contributed by atoms with van der Waals surface area (Å²) in [5.74, 6) is 0. The summed E-state index contributed by atoms with van der Waals surface area (Å²) in [6, 6.07) is 48.6. The van der Waals surface area contributed by atoms with E-state index in [9.17, 15) is 0 Å². The molecule has 1 nitrogen and oxygen atoms in total. The Morgan fingerprint density at radius 1 is 0.361 bits per heavy atom. The summed E-state index contributed by atoms with van der Waals surface area (Å²) in [6.45, 7) is 2.14. The van der Waals surface area contributed by atoms with E-state index in [1.165, 1.54) is 48.7 Å². The van der Waals surface area contributed by atoms with Gasteiger partial charge in [-0.3, -0.25) is 0 Å². The van der Waals surface area contributed by atoms with Gasteiger partial charge in [0.15, 0.2) is 0 Å². The molecule has 0 fully saturated rings. The van der Waals surface area contributed by atoms with Crippen LogP contribution in [0.15, 0.2) is 133 Å². The quantitative estimate of drug-likeness (QED) is 0.238. The lowest BCUT2D eigenvalue weighted by Crippen LogP contribution is -2.10. The van der Waals surface area contributed by atoms with E-state index in [1.54, 1.807) is 0 Å². The molecule has 0 aliphatic carbocycles. The van der Waals surface area contributed by atoms with Crippen molar-refractivity contribution in [3.8, 4) is 0 Å². The Balaban J connectivity index is 1.47. The van der Waals surface area contributed by atoms with Crippen molar-refractivity contribution in [2.24, 2.45) is 0 Å². The van der Waals surface area contributed by atoms with Crippen LogP contribution < -0.4 is 4.90 Å². The number of rotatable bonds is 3. The number of aryl methyl sites for hydroxylation is 1. The fourth-order valence-corrected chi connectivity index (χ4v) is 5.41. The van der Waals surface area contributed by atoms with Crippen LogP contribution in [0, 0.1) is 6.92 Å². The van der Waals surface area contributed by atoms with Gasteiger partial charge in [-0.15, -0.1) is 0 Å². The van der Waals surface area contributed by atoms with Crippen LogP contribution in [0.1, 0.15) is 5.56 Å². The second-order valence-electron chi connectivity index (χ2n) is 9.56. The van der Waals surface area contributed by atoms with E-state index >= 15 is 0 Å². The highest BCUT2D eigenvalue weighted by Crippen LogP contribution is 2.39. The molecule has 0 bridgehead atoms. The minimum atomic E-state index is 1.15. The molecule has 0 unspecified atom stereocenters. The Morgan fingerprint density at radius 3 is 1.56 bits per heavy atom. The number of fused-ring (bicyclic) bond motifs is 6. The maximum Gasteiger partial charge on any atom is 0.0468 e. The third-order valence-electron chi connectivity index (χ3n) is 7.27. The van der Waals surface area contributed by atoms with E-state index in [1.807, 2.05) is 0 Å². The average Bonchev–Trinajstić information content (AvgIpc) is 2.94. The number of benzene rings is 7. The molecule has 7 aromatic rings. The lowest BCUT2D eigenvalue weighted by Gasteiger charge is -2.26. The molecule has 0 saturated carbocycles. The molecule has 36 heavy (non-hydrogen) atoms. The SMILES string of the molecule is Cc1ccc(N(c2ccc3c(ccc4ccccc43)c2)c2ccc3ccc4ccccc4c3c2)cc1. The van der Waals surface area contributed by atoms with Crippen molar-refractivity contribution in [1.82, 2.24) is 0 Å². The van der Waals surface area contributed by atoms with Gasteiger partial charge in [0.25, 0.3) is 0 Å². The zero-order valence-corrected chi connectivity index (χ0v) is 20.1. The molecule has 0 heterocycles. The first kappa shape index (κ1) is 20.7. The van der Waals surface area contributed by atoms with Gasteiger partial charge in [0.05, 0.1) is 0 Å². The Hall–Kier alpha value is -4.62. The zero-order valence-electron chi connectivity index (χ0n) is 20.1. The first-order valence-corrected chi connectivity index (χ1v) is 12.4. The van der Waals surface area contributed by atoms with E-state index in [4.69, 9.17) is 0 Å². The van der Waals surface area contributed by atoms with Crippen molar-refractivity contribution >= 4 is 60.2 Å². The molecule has 7 aromatic carbocycles. The summed E-state index contributed by atoms with van der Waals surface area (Å²) < 4.78 is 0. The van der Waals surface area contributed by atoms with Gasteiger partial charge in [0.1, 0.15) is 0 Å². The van der Waals surface area contributed by atoms with E-state index in [0.29, 0.717) is 0 Å². The molecule has 0 saturated heterocycles. The predicted molar refractivity (Wildman–Crippen MR) is 156 cm³/mol. The summed E-state index contributed by atoms with van der Waals surface area (Å²) in [5.41, 5.74) is 4.72. The van der Waals surface area contributed by atoms with Crippen molar-refractivity contribution in [2.45, 2.75) is 6.92 Å². The van der Waals surface area contributed by atoms with Gasteiger partial charge >= 0.3 is 0 Å². The van der Waals surface area contributed by atoms with Gasteiger partial charge in [0.2, 0.25) is 0 Å². The summed E-state index contributed by atoms with van der Waals surface area (Å²) in [5, 5.41) is 10.2. The summed E-state index contributed by atoms with van der Waals surface area (Å²) in [7, 11) is 0. The largest absolute Gasteiger partial charge is 0.310 e. The normalized spacial score (nSPS) is 11.5. The molecule has 0 aliphatic rings. The number of anilines is 3. The monoisotopic (exact) mass is 459 g/mol. The molecule has 0 N–H and O–H groups in total. The third kappa shape index (κ3) is 3.40. The lowest BCUT2D eigenvalue weighted by molar-refractivity contribution is 1.29. The number of nitrogens with zero attached hydrogens (tertiary/aromatic N) is 1. The van der Waals surface area contributed by atoms with Crippen molar-refractivity contribution in [3.05, 3.63) is 139 Å². The van der Waals surface area contributed by atoms with Crippen LogP contribution in [0.3, 0.4) is 0 Å². The first-order valence-electron chi connectivity index (χ1n) is 12.4. The van der Waals surface area contributed by atoms with Gasteiger partial charge in [0, 0.05) is 17.1 Å². The van der Waals surface area contributed by atoms with E-state index in [0.717, 1.165) is 17.1 Å². The van der Waals surface area contributed by atoms with Gasteiger partial charge in [-0.05, 0) is 86.4 Å². The summed E-state index contributed by atoms with van der Waals surface area (Å²) in [6.07, 6.45) is 0. The van der Waals surface area contributed by atoms with Crippen molar-refractivity contribution in [1.29, 1.82) is 0 Å². The van der Waals surface area contributed by atoms with Crippen LogP contribution in [-0.2, 0) is 0 Å². The Morgan fingerprint density at radius 2 is 0.833 bits per heavy atom. The van der Waals surface area contributed by atoms with Crippen molar-refractivity contribution in [3.63, 3.8) is 0 Å². The fraction of sp³-hybridized carbons (Fsp3) is 0.0286. The minimum absolute atomic E-state index is 1.15. The van der Waals surface area contributed by atoms with Gasteiger partial charge < -0.3 is 4.90 Å². The highest BCUT2D eigenvalue weighted by molar-refractivity contribution is 6.10. The molecule has 1 heteroatoms. The Labute approximate surface area is 210 Å². The maximum absolute atomic E-state index is 2.37. The molecule has 0 aliphatic heterocycles. The molecule has 0 atom stereocenters. The molecular weight excluding hydrogens is 434 g/mol. The van der Waals surface area contributed by atoms with Gasteiger partial charge in [-0.2, -0.15) is 0 Å². The standard InChI is InChI=1S/C35H25N/c1-24-10-17-29(18-11-24)36(30-20-21-34-28(22-30)15-14-25-6-2-4-8-32(25)34)31-19-16-27-13-12-26-7-3-5-9-33(26)35(27)23-31/h2-23H,1H3. The second-order valence-corrected chi connectivity index (χ2v) is 9.56. The molecular formula is C35H25N. The highest BCUT2D eigenvalue weighted by atomic mass is 15.1. The topological polar surface area (TPSA) is 3.24 Å². The van der Waals surface area contributed by atoms with Crippen LogP contribution in [-0.4, -0.2) is 0 Å². The molecule has 0 radical (unpaired) electrons. The molecule has 0 amide bonds. The van der Waals surface area contributed by atoms with E-state index in [-0.39, 0.29) is 0 Å². The third-order valence-corrected chi connectivity index (χ3v) is 7.27. The fourth-order valence-electron chi connectivity index (χ4n) is 5.41. The lowest BCUT2D eigenvalue weighted by atomic mass is 10.00. The number of hydrogen-bond acceptors (Lipinski definition) is 1. The summed E-state index contributed by atoms with van der Waals surface area (Å²) >= 11 is 0. The molecule has 0 aromatic heterocycles. The minimum Gasteiger partial charge on any atom is -0.310 e. The first-order chi connectivity index (χ1) is 17.7. The smallest absolute Gasteiger partial charge is 0.0468 e. The van der Waals surface area contributed by atoms with Crippen LogP contribution in [0.25, 0.3) is 43.1 Å². The molecule has 0 spiro atoms.